The lowest BCUT2D eigenvalue weighted by Crippen LogP contribution is -2.46. The summed E-state index contributed by atoms with van der Waals surface area (Å²) < 4.78 is 0. The smallest absolute Gasteiger partial charge is 0.0306 e. The van der Waals surface area contributed by atoms with Gasteiger partial charge in [-0.1, -0.05) is 25.3 Å². The van der Waals surface area contributed by atoms with Crippen molar-refractivity contribution in [3.63, 3.8) is 0 Å². The predicted octanol–water partition coefficient (Wildman–Crippen LogP) is 3.04. The monoisotopic (exact) mass is 230 g/mol. The summed E-state index contributed by atoms with van der Waals surface area (Å²) in [5.74, 6) is 0. The lowest BCUT2D eigenvalue weighted by Gasteiger charge is -2.42. The number of hydrogen-bond donors (Lipinski definition) is 1. The summed E-state index contributed by atoms with van der Waals surface area (Å²) in [4.78, 5) is 4.35. The Hall–Kier alpha value is -0.890. The average Bonchev–Trinajstić information content (AvgIpc) is 2.95. The van der Waals surface area contributed by atoms with Crippen molar-refractivity contribution in [1.82, 2.24) is 10.3 Å². The molecule has 2 heteroatoms. The summed E-state index contributed by atoms with van der Waals surface area (Å²) in [6, 6.07) is 5.07. The number of pyridine rings is 1. The highest BCUT2D eigenvalue weighted by molar-refractivity contribution is 5.26. The molecule has 1 saturated heterocycles. The van der Waals surface area contributed by atoms with Gasteiger partial charge in [0.2, 0.25) is 0 Å². The van der Waals surface area contributed by atoms with Crippen LogP contribution in [-0.2, 0) is 5.41 Å². The van der Waals surface area contributed by atoms with E-state index >= 15 is 0 Å². The molecule has 0 amide bonds. The molecule has 1 aliphatic heterocycles. The van der Waals surface area contributed by atoms with E-state index < -0.39 is 0 Å². The molecule has 1 atom stereocenters. The summed E-state index contributed by atoms with van der Waals surface area (Å²) in [5.41, 5.74) is 1.85. The summed E-state index contributed by atoms with van der Waals surface area (Å²) in [6.45, 7) is 1.20. The maximum Gasteiger partial charge on any atom is 0.0306 e. The fourth-order valence-corrected chi connectivity index (χ4v) is 3.83. The van der Waals surface area contributed by atoms with Crippen LogP contribution in [0.3, 0.4) is 0 Å². The molecule has 2 nitrogen and oxygen atoms in total. The van der Waals surface area contributed by atoms with E-state index in [0.29, 0.717) is 11.5 Å². The van der Waals surface area contributed by atoms with Gasteiger partial charge in [-0.2, -0.15) is 0 Å². The van der Waals surface area contributed by atoms with E-state index in [1.54, 1.807) is 0 Å². The standard InChI is InChI=1S/C15H22N2/c1-2-8-15(9-3-1,14-7-5-11-17-14)13-6-4-10-16-12-13/h4,6,10,12,14,17H,1-3,5,7-9,11H2. The van der Waals surface area contributed by atoms with Crippen molar-refractivity contribution in [2.24, 2.45) is 0 Å². The van der Waals surface area contributed by atoms with Crippen molar-refractivity contribution in [2.45, 2.75) is 56.4 Å². The minimum absolute atomic E-state index is 0.378. The molecule has 0 bridgehead atoms. The van der Waals surface area contributed by atoms with E-state index in [2.05, 4.69) is 28.6 Å². The van der Waals surface area contributed by atoms with Crippen molar-refractivity contribution in [1.29, 1.82) is 0 Å². The van der Waals surface area contributed by atoms with Crippen molar-refractivity contribution < 1.29 is 0 Å². The van der Waals surface area contributed by atoms with Gasteiger partial charge in [0.1, 0.15) is 0 Å². The normalized spacial score (nSPS) is 28.1. The van der Waals surface area contributed by atoms with E-state index in [4.69, 9.17) is 0 Å². The van der Waals surface area contributed by atoms with Crippen molar-refractivity contribution in [3.8, 4) is 0 Å². The topological polar surface area (TPSA) is 24.9 Å². The number of nitrogens with zero attached hydrogens (tertiary/aromatic N) is 1. The van der Waals surface area contributed by atoms with E-state index in [0.717, 1.165) is 0 Å². The van der Waals surface area contributed by atoms with E-state index in [9.17, 15) is 0 Å². The molecule has 2 aliphatic rings. The number of hydrogen-bond acceptors (Lipinski definition) is 2. The first-order chi connectivity index (χ1) is 8.42. The first-order valence-corrected chi connectivity index (χ1v) is 7.06. The van der Waals surface area contributed by atoms with Gasteiger partial charge in [-0.05, 0) is 43.9 Å². The SMILES string of the molecule is c1cncc(C2(C3CCCN3)CCCCC2)c1. The van der Waals surface area contributed by atoms with Crippen LogP contribution in [0.5, 0.6) is 0 Å². The van der Waals surface area contributed by atoms with Crippen molar-refractivity contribution in [3.05, 3.63) is 30.1 Å². The van der Waals surface area contributed by atoms with Gasteiger partial charge in [0.05, 0.1) is 0 Å². The van der Waals surface area contributed by atoms with Crippen molar-refractivity contribution >= 4 is 0 Å². The van der Waals surface area contributed by atoms with Crippen LogP contribution in [0.15, 0.2) is 24.5 Å². The largest absolute Gasteiger partial charge is 0.313 e. The second-order valence-corrected chi connectivity index (χ2v) is 5.61. The Bertz CT molecular complexity index is 348. The zero-order valence-electron chi connectivity index (χ0n) is 10.5. The number of nitrogens with one attached hydrogen (secondary N) is 1. The van der Waals surface area contributed by atoms with E-state index in [1.807, 2.05) is 6.20 Å². The molecule has 2 heterocycles. The maximum absolute atomic E-state index is 4.35. The first kappa shape index (κ1) is 11.2. The predicted molar refractivity (Wildman–Crippen MR) is 70.0 cm³/mol. The Balaban J connectivity index is 1.95. The van der Waals surface area contributed by atoms with Crippen LogP contribution in [0.25, 0.3) is 0 Å². The summed E-state index contributed by atoms with van der Waals surface area (Å²) in [6.07, 6.45) is 13.5. The molecule has 3 rings (SSSR count). The van der Waals surface area contributed by atoms with Crippen LogP contribution in [0, 0.1) is 0 Å². The van der Waals surface area contributed by atoms with Crippen LogP contribution >= 0.6 is 0 Å². The van der Waals surface area contributed by atoms with Crippen LogP contribution in [-0.4, -0.2) is 17.6 Å². The zero-order valence-corrected chi connectivity index (χ0v) is 10.5. The van der Waals surface area contributed by atoms with Crippen LogP contribution < -0.4 is 5.32 Å². The number of aromatic nitrogens is 1. The third kappa shape index (κ3) is 1.99. The molecule has 0 spiro atoms. The van der Waals surface area contributed by atoms with Crippen molar-refractivity contribution in [2.75, 3.05) is 6.54 Å². The van der Waals surface area contributed by atoms with Crippen LogP contribution in [0.2, 0.25) is 0 Å². The van der Waals surface area contributed by atoms with Crippen LogP contribution in [0.1, 0.15) is 50.5 Å². The summed E-state index contributed by atoms with van der Waals surface area (Å²) in [5, 5.41) is 3.74. The Morgan fingerprint density at radius 2 is 2.06 bits per heavy atom. The van der Waals surface area contributed by atoms with Gasteiger partial charge in [0.25, 0.3) is 0 Å². The highest BCUT2D eigenvalue weighted by Crippen LogP contribution is 2.44. The Morgan fingerprint density at radius 3 is 2.71 bits per heavy atom. The first-order valence-electron chi connectivity index (χ1n) is 7.06. The molecule has 1 unspecified atom stereocenters. The second-order valence-electron chi connectivity index (χ2n) is 5.61. The fourth-order valence-electron chi connectivity index (χ4n) is 3.83. The highest BCUT2D eigenvalue weighted by atomic mass is 15.0. The summed E-state index contributed by atoms with van der Waals surface area (Å²) >= 11 is 0. The Morgan fingerprint density at radius 1 is 1.18 bits per heavy atom. The minimum Gasteiger partial charge on any atom is -0.313 e. The van der Waals surface area contributed by atoms with E-state index in [1.165, 1.54) is 57.1 Å². The Kier molecular flexibility index (Phi) is 3.15. The zero-order chi connectivity index (χ0) is 11.6. The average molecular weight is 230 g/mol. The molecular formula is C15H22N2. The molecular weight excluding hydrogens is 208 g/mol. The molecule has 17 heavy (non-hydrogen) atoms. The third-order valence-corrected chi connectivity index (χ3v) is 4.71. The highest BCUT2D eigenvalue weighted by Gasteiger charge is 2.42. The fraction of sp³-hybridized carbons (Fsp3) is 0.667. The van der Waals surface area contributed by atoms with Gasteiger partial charge in [0, 0.05) is 23.9 Å². The molecule has 1 aromatic rings. The van der Waals surface area contributed by atoms with Gasteiger partial charge in [-0.15, -0.1) is 0 Å². The molecule has 1 aliphatic carbocycles. The quantitative estimate of drug-likeness (QED) is 0.844. The number of rotatable bonds is 2. The van der Waals surface area contributed by atoms with Gasteiger partial charge in [-0.25, -0.2) is 0 Å². The second kappa shape index (κ2) is 4.77. The lowest BCUT2D eigenvalue weighted by atomic mass is 9.65. The molecule has 0 aromatic carbocycles. The summed E-state index contributed by atoms with van der Waals surface area (Å²) in [7, 11) is 0. The van der Waals surface area contributed by atoms with Gasteiger partial charge in [-0.3, -0.25) is 4.98 Å². The van der Waals surface area contributed by atoms with Gasteiger partial charge in [0.15, 0.2) is 0 Å². The Labute approximate surface area is 104 Å². The molecule has 1 saturated carbocycles. The molecule has 0 radical (unpaired) electrons. The third-order valence-electron chi connectivity index (χ3n) is 4.71. The minimum atomic E-state index is 0.378. The van der Waals surface area contributed by atoms with Crippen LogP contribution in [0.4, 0.5) is 0 Å². The van der Waals surface area contributed by atoms with Gasteiger partial charge < -0.3 is 5.32 Å². The molecule has 1 aromatic heterocycles. The molecule has 1 N–H and O–H groups in total. The molecule has 2 fully saturated rings. The van der Waals surface area contributed by atoms with E-state index in [-0.39, 0.29) is 0 Å². The lowest BCUT2D eigenvalue weighted by molar-refractivity contribution is 0.226. The van der Waals surface area contributed by atoms with Gasteiger partial charge >= 0.3 is 0 Å². The molecule has 92 valence electrons. The maximum atomic E-state index is 4.35.